The van der Waals surface area contributed by atoms with Gasteiger partial charge in [0.05, 0.1) is 10.4 Å². The van der Waals surface area contributed by atoms with E-state index in [2.05, 4.69) is 157 Å². The fourth-order valence-electron chi connectivity index (χ4n) is 7.17. The van der Waals surface area contributed by atoms with Crippen molar-refractivity contribution in [2.45, 2.75) is 0 Å². The van der Waals surface area contributed by atoms with E-state index < -0.39 is 0 Å². The molecule has 0 fully saturated rings. The first-order valence-corrected chi connectivity index (χ1v) is 16.7. The Balaban J connectivity index is 1.16. The Morgan fingerprint density at radius 3 is 1.96 bits per heavy atom. The Morgan fingerprint density at radius 1 is 0.404 bits per heavy atom. The largest absolute Gasteiger partial charge is 0.456 e. The van der Waals surface area contributed by atoms with Crippen LogP contribution in [0.1, 0.15) is 0 Å². The molecule has 0 aliphatic carbocycles. The molecule has 0 aliphatic heterocycles. The second-order valence-electron chi connectivity index (χ2n) is 12.1. The van der Waals surface area contributed by atoms with Crippen molar-refractivity contribution >= 4 is 92.1 Å². The molecule has 0 amide bonds. The summed E-state index contributed by atoms with van der Waals surface area (Å²) in [5, 5.41) is 9.90. The average Bonchev–Trinajstić information content (AvgIpc) is 3.70. The lowest BCUT2D eigenvalue weighted by atomic mass is 10.0. The molecule has 2 aromatic heterocycles. The molecular weight excluding hydrogens is 591 g/mol. The molecule has 0 bridgehead atoms. The van der Waals surface area contributed by atoms with Gasteiger partial charge in [-0.2, -0.15) is 0 Å². The lowest BCUT2D eigenvalue weighted by molar-refractivity contribution is 0.669. The first-order chi connectivity index (χ1) is 23.3. The average molecular weight is 618 g/mol. The maximum atomic E-state index is 6.22. The maximum absolute atomic E-state index is 6.22. The fraction of sp³-hybridized carbons (Fsp3) is 0. The van der Waals surface area contributed by atoms with Crippen LogP contribution >= 0.6 is 11.3 Å². The summed E-state index contributed by atoms with van der Waals surface area (Å²) in [5.41, 5.74) is 7.55. The number of furan rings is 1. The third-order valence-corrected chi connectivity index (χ3v) is 10.7. The van der Waals surface area contributed by atoms with Gasteiger partial charge in [-0.1, -0.05) is 109 Å². The molecule has 0 spiro atoms. The summed E-state index contributed by atoms with van der Waals surface area (Å²) in [4.78, 5) is 2.42. The van der Waals surface area contributed by atoms with E-state index in [1.54, 1.807) is 0 Å². The van der Waals surface area contributed by atoms with Crippen molar-refractivity contribution in [2.24, 2.45) is 0 Å². The number of benzene rings is 8. The smallest absolute Gasteiger partial charge is 0.136 e. The second kappa shape index (κ2) is 10.3. The topological polar surface area (TPSA) is 16.4 Å². The third-order valence-electron chi connectivity index (χ3n) is 9.45. The first kappa shape index (κ1) is 26.3. The molecule has 0 atom stereocenters. The number of anilines is 3. The van der Waals surface area contributed by atoms with Crippen molar-refractivity contribution in [2.75, 3.05) is 4.90 Å². The number of para-hydroxylation sites is 1. The monoisotopic (exact) mass is 617 g/mol. The highest BCUT2D eigenvalue weighted by Crippen LogP contribution is 2.46. The molecule has 10 rings (SSSR count). The fourth-order valence-corrected chi connectivity index (χ4v) is 8.38. The SMILES string of the molecule is c1ccc2c(c1)ccc1ccc(N(c3ccc(-c4ccc5c(c4)oc4ccccc45)cc3)c3cccc4c3sc3ccccc34)cc12. The molecule has 0 aliphatic rings. The third kappa shape index (κ3) is 4.17. The molecule has 0 saturated carbocycles. The molecule has 2 heterocycles. The summed E-state index contributed by atoms with van der Waals surface area (Å²) in [6, 6.07) is 59.1. The maximum Gasteiger partial charge on any atom is 0.136 e. The Kier molecular flexibility index (Phi) is 5.78. The summed E-state index contributed by atoms with van der Waals surface area (Å²) in [7, 11) is 0. The zero-order chi connectivity index (χ0) is 30.9. The van der Waals surface area contributed by atoms with E-state index in [0.717, 1.165) is 44.4 Å². The predicted molar refractivity (Wildman–Crippen MR) is 202 cm³/mol. The molecule has 2 nitrogen and oxygen atoms in total. The molecule has 0 unspecified atom stereocenters. The van der Waals surface area contributed by atoms with Crippen LogP contribution in [-0.4, -0.2) is 0 Å². The van der Waals surface area contributed by atoms with Crippen LogP contribution in [0, 0.1) is 0 Å². The summed E-state index contributed by atoms with van der Waals surface area (Å²) in [6.45, 7) is 0. The van der Waals surface area contributed by atoms with Crippen molar-refractivity contribution in [3.63, 3.8) is 0 Å². The van der Waals surface area contributed by atoms with Crippen molar-refractivity contribution in [1.29, 1.82) is 0 Å². The summed E-state index contributed by atoms with van der Waals surface area (Å²) in [5.74, 6) is 0. The van der Waals surface area contributed by atoms with Gasteiger partial charge in [-0.15, -0.1) is 11.3 Å². The molecular formula is C44H27NOS. The molecule has 220 valence electrons. The van der Waals surface area contributed by atoms with Gasteiger partial charge in [0.2, 0.25) is 0 Å². The lowest BCUT2D eigenvalue weighted by Gasteiger charge is -2.27. The van der Waals surface area contributed by atoms with E-state index in [9.17, 15) is 0 Å². The quantitative estimate of drug-likeness (QED) is 0.183. The van der Waals surface area contributed by atoms with Crippen LogP contribution in [0.5, 0.6) is 0 Å². The normalized spacial score (nSPS) is 11.8. The molecule has 0 saturated heterocycles. The molecule has 0 radical (unpaired) electrons. The van der Waals surface area contributed by atoms with Crippen LogP contribution in [0.2, 0.25) is 0 Å². The molecule has 0 N–H and O–H groups in total. The van der Waals surface area contributed by atoms with Crippen LogP contribution in [0.4, 0.5) is 17.1 Å². The minimum absolute atomic E-state index is 0.911. The number of hydrogen-bond donors (Lipinski definition) is 0. The van der Waals surface area contributed by atoms with Gasteiger partial charge in [0.1, 0.15) is 11.2 Å². The number of nitrogens with zero attached hydrogens (tertiary/aromatic N) is 1. The van der Waals surface area contributed by atoms with E-state index in [1.165, 1.54) is 47.4 Å². The van der Waals surface area contributed by atoms with Gasteiger partial charge >= 0.3 is 0 Å². The highest BCUT2D eigenvalue weighted by atomic mass is 32.1. The highest BCUT2D eigenvalue weighted by Gasteiger charge is 2.19. The van der Waals surface area contributed by atoms with Crippen LogP contribution in [0.15, 0.2) is 168 Å². The van der Waals surface area contributed by atoms with E-state index >= 15 is 0 Å². The zero-order valence-electron chi connectivity index (χ0n) is 25.4. The molecule has 3 heteroatoms. The van der Waals surface area contributed by atoms with Gasteiger partial charge in [0.15, 0.2) is 0 Å². The number of rotatable bonds is 4. The van der Waals surface area contributed by atoms with Crippen LogP contribution in [0.3, 0.4) is 0 Å². The van der Waals surface area contributed by atoms with E-state index in [0.29, 0.717) is 0 Å². The minimum Gasteiger partial charge on any atom is -0.456 e. The Morgan fingerprint density at radius 2 is 1.06 bits per heavy atom. The van der Waals surface area contributed by atoms with E-state index in [4.69, 9.17) is 4.42 Å². The predicted octanol–water partition coefficient (Wildman–Crippen LogP) is 13.4. The van der Waals surface area contributed by atoms with Gasteiger partial charge in [-0.25, -0.2) is 0 Å². The van der Waals surface area contributed by atoms with E-state index in [-0.39, 0.29) is 0 Å². The lowest BCUT2D eigenvalue weighted by Crippen LogP contribution is -2.10. The highest BCUT2D eigenvalue weighted by molar-refractivity contribution is 7.26. The summed E-state index contributed by atoms with van der Waals surface area (Å²) in [6.07, 6.45) is 0. The standard InChI is InChI=1S/C44H27NOS/c1-2-9-34-29(8-1)16-17-30-20-24-33(27-39(30)34)45(40-13-7-12-38-37-11-4-6-15-43(37)47-44(38)40)32-22-18-28(19-23-32)31-21-25-36-35-10-3-5-14-41(35)46-42(36)26-31/h1-27H. The Bertz CT molecular complexity index is 2810. The van der Waals surface area contributed by atoms with Crippen molar-refractivity contribution in [1.82, 2.24) is 0 Å². The Labute approximate surface area is 275 Å². The van der Waals surface area contributed by atoms with Crippen LogP contribution in [0.25, 0.3) is 74.8 Å². The second-order valence-corrected chi connectivity index (χ2v) is 13.2. The molecule has 8 aromatic carbocycles. The van der Waals surface area contributed by atoms with Gasteiger partial charge in [-0.3, -0.25) is 0 Å². The van der Waals surface area contributed by atoms with Gasteiger partial charge < -0.3 is 9.32 Å². The Hall–Kier alpha value is -5.90. The minimum atomic E-state index is 0.911. The van der Waals surface area contributed by atoms with Crippen LogP contribution < -0.4 is 4.90 Å². The van der Waals surface area contributed by atoms with Gasteiger partial charge in [-0.05, 0) is 87.3 Å². The van der Waals surface area contributed by atoms with Gasteiger partial charge in [0.25, 0.3) is 0 Å². The van der Waals surface area contributed by atoms with Crippen LogP contribution in [-0.2, 0) is 0 Å². The van der Waals surface area contributed by atoms with Crippen molar-refractivity contribution in [3.8, 4) is 11.1 Å². The first-order valence-electron chi connectivity index (χ1n) is 15.9. The summed E-state index contributed by atoms with van der Waals surface area (Å²) < 4.78 is 8.80. The van der Waals surface area contributed by atoms with Crippen molar-refractivity contribution < 1.29 is 4.42 Å². The van der Waals surface area contributed by atoms with Crippen molar-refractivity contribution in [3.05, 3.63) is 164 Å². The summed E-state index contributed by atoms with van der Waals surface area (Å²) >= 11 is 1.86. The zero-order valence-corrected chi connectivity index (χ0v) is 26.2. The molecule has 47 heavy (non-hydrogen) atoms. The molecule has 10 aromatic rings. The van der Waals surface area contributed by atoms with Gasteiger partial charge in [0, 0.05) is 37.6 Å². The number of fused-ring (bicyclic) bond motifs is 9. The number of hydrogen-bond acceptors (Lipinski definition) is 3. The van der Waals surface area contributed by atoms with E-state index in [1.807, 2.05) is 23.5 Å². The number of thiophene rings is 1.